The van der Waals surface area contributed by atoms with E-state index in [1.54, 1.807) is 0 Å². The summed E-state index contributed by atoms with van der Waals surface area (Å²) in [5.41, 5.74) is 0. The molecule has 2 fully saturated rings. The minimum Gasteiger partial charge on any atom is -0.481 e. The summed E-state index contributed by atoms with van der Waals surface area (Å²) in [4.78, 5) is 10.6. The van der Waals surface area contributed by atoms with Gasteiger partial charge in [0.2, 0.25) is 0 Å². The van der Waals surface area contributed by atoms with Crippen molar-refractivity contribution in [1.29, 1.82) is 0 Å². The van der Waals surface area contributed by atoms with Crippen molar-refractivity contribution in [3.05, 3.63) is 12.2 Å². The van der Waals surface area contributed by atoms with Gasteiger partial charge in [-0.1, -0.05) is 51.7 Å². The molecule has 1 saturated heterocycles. The highest BCUT2D eigenvalue weighted by molar-refractivity contribution is 5.66. The fourth-order valence-corrected chi connectivity index (χ4v) is 4.54. The van der Waals surface area contributed by atoms with Gasteiger partial charge in [-0.3, -0.25) is 4.79 Å². The van der Waals surface area contributed by atoms with Gasteiger partial charge < -0.3 is 14.9 Å². The van der Waals surface area contributed by atoms with Crippen molar-refractivity contribution >= 4 is 5.97 Å². The highest BCUT2D eigenvalue weighted by atomic mass is 19.1. The molecule has 4 nitrogen and oxygen atoms in total. The van der Waals surface area contributed by atoms with Crippen LogP contribution in [-0.2, 0) is 9.53 Å². The summed E-state index contributed by atoms with van der Waals surface area (Å²) in [6.45, 7) is 4.27. The number of rotatable bonds is 11. The van der Waals surface area contributed by atoms with E-state index < -0.39 is 24.3 Å². The molecule has 0 amide bonds. The van der Waals surface area contributed by atoms with Gasteiger partial charge in [0.1, 0.15) is 6.17 Å². The molecule has 2 aliphatic rings. The lowest BCUT2D eigenvalue weighted by molar-refractivity contribution is -0.137. The fourth-order valence-electron chi connectivity index (χ4n) is 4.54. The van der Waals surface area contributed by atoms with E-state index >= 15 is 0 Å². The maximum atomic E-state index is 15.0. The Morgan fingerprint density at radius 1 is 1.31 bits per heavy atom. The Hall–Kier alpha value is -0.940. The summed E-state index contributed by atoms with van der Waals surface area (Å²) in [7, 11) is 0. The van der Waals surface area contributed by atoms with E-state index in [1.165, 1.54) is 0 Å². The number of hydrogen-bond acceptors (Lipinski definition) is 3. The zero-order chi connectivity index (χ0) is 19.1. The summed E-state index contributed by atoms with van der Waals surface area (Å²) in [6, 6.07) is 0. The minimum absolute atomic E-state index is 0.0450. The monoisotopic (exact) mass is 370 g/mol. The Morgan fingerprint density at radius 3 is 2.77 bits per heavy atom. The molecule has 1 aliphatic carbocycles. The van der Waals surface area contributed by atoms with Crippen LogP contribution in [0.3, 0.4) is 0 Å². The first-order valence-corrected chi connectivity index (χ1v) is 10.3. The average Bonchev–Trinajstić information content (AvgIpc) is 3.05. The first-order valence-electron chi connectivity index (χ1n) is 10.3. The molecule has 0 radical (unpaired) electrons. The maximum Gasteiger partial charge on any atom is 0.303 e. The van der Waals surface area contributed by atoms with Crippen molar-refractivity contribution in [2.24, 2.45) is 17.8 Å². The topological polar surface area (TPSA) is 66.8 Å². The Labute approximate surface area is 156 Å². The Bertz CT molecular complexity index is 467. The van der Waals surface area contributed by atoms with Crippen LogP contribution in [0.15, 0.2) is 12.2 Å². The van der Waals surface area contributed by atoms with E-state index in [0.29, 0.717) is 25.2 Å². The Balaban J connectivity index is 1.85. The number of ether oxygens (including phenoxy) is 1. The molecule has 0 bridgehead atoms. The molecule has 26 heavy (non-hydrogen) atoms. The lowest BCUT2D eigenvalue weighted by Gasteiger charge is -2.22. The maximum absolute atomic E-state index is 15.0. The quantitative estimate of drug-likeness (QED) is 0.415. The second kappa shape index (κ2) is 10.4. The molecule has 0 aromatic carbocycles. The molecule has 150 valence electrons. The van der Waals surface area contributed by atoms with Gasteiger partial charge >= 0.3 is 5.97 Å². The third kappa shape index (κ3) is 5.78. The van der Waals surface area contributed by atoms with Crippen LogP contribution in [0.25, 0.3) is 0 Å². The second-order valence-electron chi connectivity index (χ2n) is 8.11. The van der Waals surface area contributed by atoms with Crippen LogP contribution in [0.1, 0.15) is 71.6 Å². The molecule has 2 N–H and O–H groups in total. The largest absolute Gasteiger partial charge is 0.481 e. The number of hydrogen-bond donors (Lipinski definition) is 2. The Morgan fingerprint density at radius 2 is 2.08 bits per heavy atom. The molecule has 7 atom stereocenters. The van der Waals surface area contributed by atoms with E-state index in [9.17, 15) is 14.3 Å². The van der Waals surface area contributed by atoms with Crippen molar-refractivity contribution in [2.45, 2.75) is 96.1 Å². The molecule has 0 spiro atoms. The number of aliphatic hydroxyl groups is 1. The highest BCUT2D eigenvalue weighted by Gasteiger charge is 2.53. The standard InChI is InChI=1S/C21H35FO4/c1-3-4-5-8-15(23)11-12-16-14(2)13-18-20(16)21(22)17(26-18)9-6-7-10-19(24)25/h11-12,14-18,20-21,23H,3-10,13H2,1-2H3,(H,24,25)/b12-11+/t14-,15+,16+,17?,18+,20-,21?/m1/s1. The van der Waals surface area contributed by atoms with Gasteiger partial charge in [-0.05, 0) is 37.5 Å². The second-order valence-corrected chi connectivity index (χ2v) is 8.11. The van der Waals surface area contributed by atoms with Crippen LogP contribution in [0.2, 0.25) is 0 Å². The number of allylic oxidation sites excluding steroid dienone is 1. The molecule has 1 aliphatic heterocycles. The first kappa shape index (κ1) is 21.4. The molecular formula is C21H35FO4. The van der Waals surface area contributed by atoms with Crippen LogP contribution in [0, 0.1) is 17.8 Å². The number of aliphatic hydroxyl groups excluding tert-OH is 1. The van der Waals surface area contributed by atoms with Crippen LogP contribution >= 0.6 is 0 Å². The van der Waals surface area contributed by atoms with Gasteiger partial charge in [0, 0.05) is 12.3 Å². The van der Waals surface area contributed by atoms with Gasteiger partial charge in [0.25, 0.3) is 0 Å². The lowest BCUT2D eigenvalue weighted by atomic mass is 9.85. The van der Waals surface area contributed by atoms with Crippen molar-refractivity contribution < 1.29 is 24.1 Å². The SMILES string of the molecule is CCCCC[C@H](O)/C=C/[C@@H]1[C@H]2C(F)C(CCCCC(=O)O)O[C@H]2C[C@H]1C. The lowest BCUT2D eigenvalue weighted by Crippen LogP contribution is -2.27. The van der Waals surface area contributed by atoms with Gasteiger partial charge in [-0.15, -0.1) is 0 Å². The number of aliphatic carboxylic acids is 1. The van der Waals surface area contributed by atoms with Gasteiger partial charge in [-0.25, -0.2) is 4.39 Å². The van der Waals surface area contributed by atoms with E-state index in [1.807, 2.05) is 12.2 Å². The van der Waals surface area contributed by atoms with Crippen molar-refractivity contribution in [3.63, 3.8) is 0 Å². The first-order chi connectivity index (χ1) is 12.4. The third-order valence-electron chi connectivity index (χ3n) is 6.00. The predicted molar refractivity (Wildman–Crippen MR) is 99.7 cm³/mol. The summed E-state index contributed by atoms with van der Waals surface area (Å²) in [5.74, 6) is -0.466. The number of fused-ring (bicyclic) bond motifs is 1. The smallest absolute Gasteiger partial charge is 0.303 e. The normalized spacial score (nSPS) is 35.1. The van der Waals surface area contributed by atoms with Gasteiger partial charge in [0.15, 0.2) is 0 Å². The summed E-state index contributed by atoms with van der Waals surface area (Å²) in [5, 5.41) is 18.8. The van der Waals surface area contributed by atoms with Crippen LogP contribution in [0.5, 0.6) is 0 Å². The molecule has 1 saturated carbocycles. The predicted octanol–water partition coefficient (Wildman–Crippen LogP) is 4.51. The molecule has 1 heterocycles. The molecule has 0 aromatic heterocycles. The number of alkyl halides is 1. The van der Waals surface area contributed by atoms with Crippen molar-refractivity contribution in [1.82, 2.24) is 0 Å². The van der Waals surface area contributed by atoms with Crippen molar-refractivity contribution in [2.75, 3.05) is 0 Å². The average molecular weight is 371 g/mol. The number of halogens is 1. The third-order valence-corrected chi connectivity index (χ3v) is 6.00. The summed E-state index contributed by atoms with van der Waals surface area (Å²) in [6.07, 6.45) is 8.86. The van der Waals surface area contributed by atoms with Crippen molar-refractivity contribution in [3.8, 4) is 0 Å². The van der Waals surface area contributed by atoms with Gasteiger partial charge in [-0.2, -0.15) is 0 Å². The van der Waals surface area contributed by atoms with Crippen LogP contribution in [0.4, 0.5) is 4.39 Å². The molecule has 2 rings (SSSR count). The number of carbonyl (C=O) groups is 1. The number of unbranched alkanes of at least 4 members (excludes halogenated alkanes) is 3. The zero-order valence-electron chi connectivity index (χ0n) is 16.1. The molecule has 5 heteroatoms. The highest BCUT2D eigenvalue weighted by Crippen LogP contribution is 2.49. The van der Waals surface area contributed by atoms with E-state index in [2.05, 4.69) is 13.8 Å². The minimum atomic E-state index is -0.998. The van der Waals surface area contributed by atoms with Crippen LogP contribution < -0.4 is 0 Å². The van der Waals surface area contributed by atoms with Crippen LogP contribution in [-0.4, -0.2) is 40.7 Å². The molecule has 0 aromatic rings. The molecule has 2 unspecified atom stereocenters. The zero-order valence-corrected chi connectivity index (χ0v) is 16.1. The fraction of sp³-hybridized carbons (Fsp3) is 0.857. The van der Waals surface area contributed by atoms with Gasteiger partial charge in [0.05, 0.1) is 18.3 Å². The summed E-state index contributed by atoms with van der Waals surface area (Å²) >= 11 is 0. The Kier molecular flexibility index (Phi) is 8.55. The van der Waals surface area contributed by atoms with E-state index in [-0.39, 0.29) is 24.4 Å². The number of carboxylic acids is 1. The molecular weight excluding hydrogens is 335 g/mol. The van der Waals surface area contributed by atoms with E-state index in [0.717, 1.165) is 32.1 Å². The van der Waals surface area contributed by atoms with E-state index in [4.69, 9.17) is 9.84 Å². The summed E-state index contributed by atoms with van der Waals surface area (Å²) < 4.78 is 21.0. The number of carboxylic acid groups (broad SMARTS) is 1.